The van der Waals surface area contributed by atoms with Gasteiger partial charge in [0.2, 0.25) is 6.10 Å². The van der Waals surface area contributed by atoms with Crippen LogP contribution < -0.4 is 14.4 Å². The van der Waals surface area contributed by atoms with Crippen LogP contribution in [0.25, 0.3) is 21.3 Å². The summed E-state index contributed by atoms with van der Waals surface area (Å²) >= 11 is 1.63. The fourth-order valence-electron chi connectivity index (χ4n) is 4.41. The van der Waals surface area contributed by atoms with E-state index >= 15 is 0 Å². The number of para-hydroxylation sites is 2. The van der Waals surface area contributed by atoms with Crippen molar-refractivity contribution in [1.29, 1.82) is 0 Å². The molecule has 4 heterocycles. The molecule has 8 heteroatoms. The number of aromatic nitrogens is 2. The molecule has 7 nitrogen and oxygen atoms in total. The van der Waals surface area contributed by atoms with Gasteiger partial charge in [0.25, 0.3) is 5.91 Å². The van der Waals surface area contributed by atoms with E-state index in [2.05, 4.69) is 32.4 Å². The Morgan fingerprint density at radius 1 is 0.939 bits per heavy atom. The SMILES string of the molecule is O=C(C1COc2ccccc2O1)N1CCN(c2ncnc3scc(-c4ccccc4)c23)CC1. The summed E-state index contributed by atoms with van der Waals surface area (Å²) in [5.74, 6) is 2.20. The third kappa shape index (κ3) is 3.66. The fraction of sp³-hybridized carbons (Fsp3) is 0.240. The summed E-state index contributed by atoms with van der Waals surface area (Å²) in [4.78, 5) is 27.3. The number of benzene rings is 2. The average Bonchev–Trinajstić information content (AvgIpc) is 3.33. The third-order valence-corrected chi connectivity index (χ3v) is 7.00. The molecule has 0 radical (unpaired) electrons. The number of hydrogen-bond donors (Lipinski definition) is 0. The highest BCUT2D eigenvalue weighted by molar-refractivity contribution is 7.17. The number of thiophene rings is 1. The van der Waals surface area contributed by atoms with Gasteiger partial charge in [-0.25, -0.2) is 9.97 Å². The Morgan fingerprint density at radius 2 is 1.70 bits per heavy atom. The van der Waals surface area contributed by atoms with Crippen molar-refractivity contribution in [2.75, 3.05) is 37.7 Å². The van der Waals surface area contributed by atoms with E-state index in [-0.39, 0.29) is 12.5 Å². The lowest BCUT2D eigenvalue weighted by Crippen LogP contribution is -2.54. The highest BCUT2D eigenvalue weighted by Crippen LogP contribution is 2.38. The fourth-order valence-corrected chi connectivity index (χ4v) is 5.32. The first kappa shape index (κ1) is 20.0. The minimum absolute atomic E-state index is 0.0301. The lowest BCUT2D eigenvalue weighted by atomic mass is 10.1. The zero-order chi connectivity index (χ0) is 22.2. The minimum Gasteiger partial charge on any atom is -0.485 e. The Kier molecular flexibility index (Phi) is 5.07. The van der Waals surface area contributed by atoms with Crippen molar-refractivity contribution in [3.05, 3.63) is 66.3 Å². The molecule has 1 saturated heterocycles. The van der Waals surface area contributed by atoms with Crippen molar-refractivity contribution in [1.82, 2.24) is 14.9 Å². The molecule has 0 aliphatic carbocycles. The van der Waals surface area contributed by atoms with Gasteiger partial charge in [0.15, 0.2) is 11.5 Å². The topological polar surface area (TPSA) is 67.8 Å². The Hall–Kier alpha value is -3.65. The summed E-state index contributed by atoms with van der Waals surface area (Å²) in [5, 5.41) is 3.23. The quantitative estimate of drug-likeness (QED) is 0.465. The molecule has 1 fully saturated rings. The van der Waals surface area contributed by atoms with E-state index in [9.17, 15) is 4.79 Å². The summed E-state index contributed by atoms with van der Waals surface area (Å²) in [6.45, 7) is 2.85. The van der Waals surface area contributed by atoms with Gasteiger partial charge in [0.05, 0.1) is 5.39 Å². The van der Waals surface area contributed by atoms with E-state index in [0.717, 1.165) is 27.2 Å². The van der Waals surface area contributed by atoms with Gasteiger partial charge in [-0.05, 0) is 17.7 Å². The Bertz CT molecular complexity index is 1300. The molecule has 0 saturated carbocycles. The van der Waals surface area contributed by atoms with E-state index in [4.69, 9.17) is 9.47 Å². The number of fused-ring (bicyclic) bond motifs is 2. The summed E-state index contributed by atoms with van der Waals surface area (Å²) in [5.41, 5.74) is 2.31. The maximum absolute atomic E-state index is 13.1. The van der Waals surface area contributed by atoms with E-state index < -0.39 is 6.10 Å². The lowest BCUT2D eigenvalue weighted by Gasteiger charge is -2.37. The number of anilines is 1. The Morgan fingerprint density at radius 3 is 2.52 bits per heavy atom. The largest absolute Gasteiger partial charge is 0.485 e. The first-order chi connectivity index (χ1) is 16.3. The Labute approximate surface area is 195 Å². The third-order valence-electron chi connectivity index (χ3n) is 6.11. The van der Waals surface area contributed by atoms with Crippen LogP contribution in [0.5, 0.6) is 11.5 Å². The van der Waals surface area contributed by atoms with Crippen molar-refractivity contribution in [2.24, 2.45) is 0 Å². The second-order valence-electron chi connectivity index (χ2n) is 8.07. The minimum atomic E-state index is -0.612. The summed E-state index contributed by atoms with van der Waals surface area (Å²) in [6, 6.07) is 17.8. The predicted octanol–water partition coefficient (Wildman–Crippen LogP) is 3.85. The van der Waals surface area contributed by atoms with Crippen molar-refractivity contribution in [3.8, 4) is 22.6 Å². The zero-order valence-corrected chi connectivity index (χ0v) is 18.7. The van der Waals surface area contributed by atoms with Gasteiger partial charge in [-0.1, -0.05) is 42.5 Å². The van der Waals surface area contributed by atoms with E-state index in [1.165, 1.54) is 0 Å². The standard InChI is InChI=1S/C25H22N4O3S/c30-25(21-14-31-19-8-4-5-9-20(19)32-21)29-12-10-28(11-13-29)23-22-18(17-6-2-1-3-7-17)15-33-24(22)27-16-26-23/h1-9,15-16,21H,10-14H2. The second kappa shape index (κ2) is 8.37. The number of hydrogen-bond acceptors (Lipinski definition) is 7. The average molecular weight is 459 g/mol. The van der Waals surface area contributed by atoms with Gasteiger partial charge in [-0.15, -0.1) is 11.3 Å². The van der Waals surface area contributed by atoms with Crippen LogP contribution in [0.1, 0.15) is 0 Å². The van der Waals surface area contributed by atoms with Gasteiger partial charge in [0, 0.05) is 37.1 Å². The first-order valence-electron chi connectivity index (χ1n) is 11.0. The van der Waals surface area contributed by atoms with Crippen molar-refractivity contribution < 1.29 is 14.3 Å². The molecule has 2 aromatic heterocycles. The molecular weight excluding hydrogens is 436 g/mol. The molecule has 1 amide bonds. The molecule has 0 bridgehead atoms. The van der Waals surface area contributed by atoms with Crippen LogP contribution in [0.4, 0.5) is 5.82 Å². The molecule has 0 spiro atoms. The van der Waals surface area contributed by atoms with Gasteiger partial charge < -0.3 is 19.3 Å². The summed E-state index contributed by atoms with van der Waals surface area (Å²) < 4.78 is 11.7. The van der Waals surface area contributed by atoms with Gasteiger partial charge >= 0.3 is 0 Å². The Balaban J connectivity index is 1.19. The van der Waals surface area contributed by atoms with Crippen LogP contribution in [0.3, 0.4) is 0 Å². The van der Waals surface area contributed by atoms with E-state index in [1.54, 1.807) is 17.7 Å². The maximum Gasteiger partial charge on any atom is 0.267 e. The number of carbonyl (C=O) groups excluding carboxylic acids is 1. The second-order valence-corrected chi connectivity index (χ2v) is 8.93. The molecule has 2 aliphatic heterocycles. The number of amides is 1. The van der Waals surface area contributed by atoms with Gasteiger partial charge in [-0.3, -0.25) is 4.79 Å². The maximum atomic E-state index is 13.1. The molecule has 2 aromatic carbocycles. The van der Waals surface area contributed by atoms with Gasteiger partial charge in [0.1, 0.15) is 23.6 Å². The van der Waals surface area contributed by atoms with Crippen molar-refractivity contribution in [3.63, 3.8) is 0 Å². The monoisotopic (exact) mass is 458 g/mol. The van der Waals surface area contributed by atoms with Crippen molar-refractivity contribution >= 4 is 33.3 Å². The van der Waals surface area contributed by atoms with E-state index in [0.29, 0.717) is 37.7 Å². The van der Waals surface area contributed by atoms with Crippen molar-refractivity contribution in [2.45, 2.75) is 6.10 Å². The van der Waals surface area contributed by atoms with Crippen LogP contribution in [0.2, 0.25) is 0 Å². The highest BCUT2D eigenvalue weighted by atomic mass is 32.1. The number of piperazine rings is 1. The lowest BCUT2D eigenvalue weighted by molar-refractivity contribution is -0.141. The number of ether oxygens (including phenoxy) is 2. The van der Waals surface area contributed by atoms with Gasteiger partial charge in [-0.2, -0.15) is 0 Å². The van der Waals surface area contributed by atoms with Crippen LogP contribution in [-0.2, 0) is 4.79 Å². The number of carbonyl (C=O) groups is 1. The van der Waals surface area contributed by atoms with Crippen LogP contribution in [0, 0.1) is 0 Å². The molecular formula is C25H22N4O3S. The zero-order valence-electron chi connectivity index (χ0n) is 17.9. The smallest absolute Gasteiger partial charge is 0.267 e. The first-order valence-corrected chi connectivity index (χ1v) is 11.9. The number of rotatable bonds is 3. The van der Waals surface area contributed by atoms with E-state index in [1.807, 2.05) is 47.4 Å². The van der Waals surface area contributed by atoms with Crippen LogP contribution >= 0.6 is 11.3 Å². The van der Waals surface area contributed by atoms with Crippen LogP contribution in [-0.4, -0.2) is 59.7 Å². The molecule has 1 unspecified atom stereocenters. The van der Waals surface area contributed by atoms with Crippen LogP contribution in [0.15, 0.2) is 66.3 Å². The molecule has 6 rings (SSSR count). The molecule has 2 aliphatic rings. The predicted molar refractivity (Wildman–Crippen MR) is 128 cm³/mol. The summed E-state index contributed by atoms with van der Waals surface area (Å²) in [6.07, 6.45) is 1.02. The molecule has 33 heavy (non-hydrogen) atoms. The summed E-state index contributed by atoms with van der Waals surface area (Å²) in [7, 11) is 0. The molecule has 1 atom stereocenters. The highest BCUT2D eigenvalue weighted by Gasteiger charge is 2.33. The molecule has 4 aromatic rings. The molecule has 166 valence electrons. The number of nitrogens with zero attached hydrogens (tertiary/aromatic N) is 4. The molecule has 0 N–H and O–H groups in total. The normalized spacial score (nSPS) is 17.9.